The number of likely N-dealkylation sites (tertiary alicyclic amines) is 1. The molecule has 3 heterocycles. The van der Waals surface area contributed by atoms with Crippen molar-refractivity contribution in [3.63, 3.8) is 0 Å². The molecule has 2 amide bonds. The fraction of sp³-hybridized carbons (Fsp3) is 0.517. The van der Waals surface area contributed by atoms with E-state index in [1.807, 2.05) is 48.8 Å². The molecule has 9 nitrogen and oxygen atoms in total. The quantitative estimate of drug-likeness (QED) is 0.585. The molecule has 1 fully saturated rings. The zero-order valence-corrected chi connectivity index (χ0v) is 23.6. The first-order chi connectivity index (χ1) is 17.9. The summed E-state index contributed by atoms with van der Waals surface area (Å²) < 4.78 is 7.29. The Morgan fingerprint density at radius 2 is 2.03 bits per heavy atom. The first-order valence-electron chi connectivity index (χ1n) is 13.3. The topological polar surface area (TPSA) is 92.6 Å². The number of anilines is 1. The van der Waals surface area contributed by atoms with Gasteiger partial charge in [-0.3, -0.25) is 9.48 Å². The molecular formula is C29H40N6O3. The molecule has 0 bridgehead atoms. The molecule has 9 heteroatoms. The van der Waals surface area contributed by atoms with Crippen molar-refractivity contribution >= 4 is 23.4 Å². The van der Waals surface area contributed by atoms with Crippen molar-refractivity contribution in [3.05, 3.63) is 59.7 Å². The van der Waals surface area contributed by atoms with Crippen LogP contribution in [0.25, 0.3) is 5.57 Å². The minimum atomic E-state index is -0.527. The minimum Gasteiger partial charge on any atom is -0.444 e. The van der Waals surface area contributed by atoms with Crippen molar-refractivity contribution in [2.45, 2.75) is 78.6 Å². The molecule has 0 aromatic carbocycles. The van der Waals surface area contributed by atoms with Gasteiger partial charge in [-0.05, 0) is 70.7 Å². The molecule has 1 aliphatic carbocycles. The third-order valence-electron chi connectivity index (χ3n) is 7.12. The number of fused-ring (bicyclic) bond motifs is 1. The number of ether oxygens (including phenoxy) is 1. The van der Waals surface area contributed by atoms with E-state index in [2.05, 4.69) is 47.5 Å². The Morgan fingerprint density at radius 3 is 2.71 bits per heavy atom. The van der Waals surface area contributed by atoms with Gasteiger partial charge in [0.05, 0.1) is 12.7 Å². The molecule has 2 aromatic rings. The van der Waals surface area contributed by atoms with Crippen LogP contribution in [0.3, 0.4) is 0 Å². The van der Waals surface area contributed by atoms with E-state index >= 15 is 0 Å². The minimum absolute atomic E-state index is 0.0694. The highest BCUT2D eigenvalue weighted by Crippen LogP contribution is 2.41. The Labute approximate surface area is 225 Å². The highest BCUT2D eigenvalue weighted by Gasteiger charge is 2.40. The Morgan fingerprint density at radius 1 is 1.26 bits per heavy atom. The molecule has 204 valence electrons. The Balaban J connectivity index is 1.50. The number of likely N-dealkylation sites (N-methyl/N-ethyl adjacent to an activating group) is 1. The standard InChI is InChI=1S/C29H40N6O3/c1-19-9-8-12-30-27(19)32-25-15-20(2)35(21(3)36)26-11-10-22(16-24(25)26)23-17-31-34(18-23)14-13-33(7)28(37)38-29(4,5)6/h8-12,17-18,20,24-25H,13-16H2,1-7H3,(H,30,32)/t20-,24?,25+/m0/s1. The summed E-state index contributed by atoms with van der Waals surface area (Å²) in [7, 11) is 1.73. The fourth-order valence-corrected chi connectivity index (χ4v) is 5.23. The maximum absolute atomic E-state index is 12.6. The van der Waals surface area contributed by atoms with Crippen LogP contribution in [-0.2, 0) is 16.1 Å². The van der Waals surface area contributed by atoms with Crippen LogP contribution in [-0.4, -0.2) is 67.8 Å². The second-order valence-corrected chi connectivity index (χ2v) is 11.4. The molecular weight excluding hydrogens is 480 g/mol. The lowest BCUT2D eigenvalue weighted by atomic mass is 9.77. The van der Waals surface area contributed by atoms with Gasteiger partial charge in [-0.2, -0.15) is 5.10 Å². The van der Waals surface area contributed by atoms with Crippen molar-refractivity contribution in [1.82, 2.24) is 24.6 Å². The number of aromatic nitrogens is 3. The smallest absolute Gasteiger partial charge is 0.410 e. The summed E-state index contributed by atoms with van der Waals surface area (Å²) in [6, 6.07) is 4.23. The van der Waals surface area contributed by atoms with Crippen molar-refractivity contribution in [3.8, 4) is 0 Å². The van der Waals surface area contributed by atoms with Crippen molar-refractivity contribution in [2.24, 2.45) is 5.92 Å². The zero-order chi connectivity index (χ0) is 27.6. The number of carbonyl (C=O) groups excluding carboxylic acids is 2. The average Bonchev–Trinajstić information content (AvgIpc) is 3.31. The van der Waals surface area contributed by atoms with Crippen molar-refractivity contribution in [2.75, 3.05) is 18.9 Å². The van der Waals surface area contributed by atoms with E-state index in [1.165, 1.54) is 5.57 Å². The lowest BCUT2D eigenvalue weighted by Gasteiger charge is -2.46. The Kier molecular flexibility index (Phi) is 7.94. The predicted molar refractivity (Wildman–Crippen MR) is 148 cm³/mol. The summed E-state index contributed by atoms with van der Waals surface area (Å²) in [6.45, 7) is 12.4. The van der Waals surface area contributed by atoms with Gasteiger partial charge in [0, 0.05) is 62.2 Å². The van der Waals surface area contributed by atoms with Crippen LogP contribution < -0.4 is 5.32 Å². The van der Waals surface area contributed by atoms with Gasteiger partial charge in [0.15, 0.2) is 0 Å². The molecule has 1 aliphatic heterocycles. The number of nitrogens with zero attached hydrogens (tertiary/aromatic N) is 5. The number of hydrogen-bond acceptors (Lipinski definition) is 6. The van der Waals surface area contributed by atoms with Gasteiger partial charge >= 0.3 is 6.09 Å². The lowest BCUT2D eigenvalue weighted by Crippen LogP contribution is -2.51. The number of nitrogens with one attached hydrogen (secondary N) is 1. The third-order valence-corrected chi connectivity index (χ3v) is 7.12. The Hall–Kier alpha value is -3.62. The summed E-state index contributed by atoms with van der Waals surface area (Å²) in [6.07, 6.45) is 11.2. The molecule has 2 aliphatic rings. The number of aryl methyl sites for hydroxylation is 1. The third kappa shape index (κ3) is 6.26. The van der Waals surface area contributed by atoms with Crippen LogP contribution in [0.4, 0.5) is 10.6 Å². The van der Waals surface area contributed by atoms with Gasteiger partial charge in [-0.15, -0.1) is 0 Å². The molecule has 1 saturated heterocycles. The normalized spacial score (nSPS) is 21.2. The molecule has 0 saturated carbocycles. The average molecular weight is 521 g/mol. The molecule has 0 radical (unpaired) electrons. The van der Waals surface area contributed by atoms with Gasteiger partial charge in [-0.25, -0.2) is 9.78 Å². The van der Waals surface area contributed by atoms with Crippen LogP contribution in [0.1, 0.15) is 58.6 Å². The lowest BCUT2D eigenvalue weighted by molar-refractivity contribution is -0.130. The number of rotatable bonds is 6. The summed E-state index contributed by atoms with van der Waals surface area (Å²) in [5.74, 6) is 1.08. The Bertz CT molecular complexity index is 1240. The second-order valence-electron chi connectivity index (χ2n) is 11.4. The van der Waals surface area contributed by atoms with E-state index in [0.29, 0.717) is 13.1 Å². The highest BCUT2D eigenvalue weighted by atomic mass is 16.6. The van der Waals surface area contributed by atoms with Crippen LogP contribution in [0.5, 0.6) is 0 Å². The van der Waals surface area contributed by atoms with Gasteiger partial charge in [-0.1, -0.05) is 12.1 Å². The molecule has 3 atom stereocenters. The van der Waals surface area contributed by atoms with E-state index in [9.17, 15) is 9.59 Å². The number of piperidine rings is 1. The maximum Gasteiger partial charge on any atom is 0.410 e. The highest BCUT2D eigenvalue weighted by molar-refractivity contribution is 5.78. The first kappa shape index (κ1) is 27.4. The van der Waals surface area contributed by atoms with Crippen LogP contribution in [0, 0.1) is 12.8 Å². The van der Waals surface area contributed by atoms with Crippen molar-refractivity contribution in [1.29, 1.82) is 0 Å². The van der Waals surface area contributed by atoms with Crippen LogP contribution in [0.2, 0.25) is 0 Å². The number of carbonyl (C=O) groups is 2. The van der Waals surface area contributed by atoms with E-state index in [0.717, 1.165) is 35.5 Å². The molecule has 38 heavy (non-hydrogen) atoms. The monoisotopic (exact) mass is 520 g/mol. The largest absolute Gasteiger partial charge is 0.444 e. The molecule has 4 rings (SSSR count). The van der Waals surface area contributed by atoms with E-state index in [-0.39, 0.29) is 30.0 Å². The number of allylic oxidation sites excluding steroid dienone is 3. The van der Waals surface area contributed by atoms with Crippen LogP contribution in [0.15, 0.2) is 48.6 Å². The molecule has 0 spiro atoms. The SMILES string of the molecule is CC(=O)N1C2=CC=C(c3cnn(CCN(C)C(=O)OC(C)(C)C)c3)CC2[C@H](Nc2ncccc2C)C[C@@H]1C. The summed E-state index contributed by atoms with van der Waals surface area (Å²) in [4.78, 5) is 32.9. The van der Waals surface area contributed by atoms with Gasteiger partial charge in [0.2, 0.25) is 5.91 Å². The van der Waals surface area contributed by atoms with Crippen LogP contribution >= 0.6 is 0 Å². The number of hydrogen-bond donors (Lipinski definition) is 1. The molecule has 1 N–H and O–H groups in total. The van der Waals surface area contributed by atoms with Gasteiger partial charge in [0.1, 0.15) is 11.4 Å². The first-order valence-corrected chi connectivity index (χ1v) is 13.3. The maximum atomic E-state index is 12.6. The number of pyridine rings is 1. The predicted octanol–water partition coefficient (Wildman–Crippen LogP) is 4.86. The second kappa shape index (κ2) is 11.0. The molecule has 2 aromatic heterocycles. The zero-order valence-electron chi connectivity index (χ0n) is 23.6. The molecule has 1 unspecified atom stereocenters. The summed E-state index contributed by atoms with van der Waals surface area (Å²) in [5, 5.41) is 8.23. The van der Waals surface area contributed by atoms with Crippen molar-refractivity contribution < 1.29 is 14.3 Å². The summed E-state index contributed by atoms with van der Waals surface area (Å²) in [5.41, 5.74) is 3.84. The fourth-order valence-electron chi connectivity index (χ4n) is 5.23. The van der Waals surface area contributed by atoms with E-state index in [1.54, 1.807) is 25.1 Å². The number of amides is 2. The van der Waals surface area contributed by atoms with Gasteiger partial charge < -0.3 is 19.9 Å². The summed E-state index contributed by atoms with van der Waals surface area (Å²) >= 11 is 0. The van der Waals surface area contributed by atoms with Gasteiger partial charge in [0.25, 0.3) is 0 Å². The van der Waals surface area contributed by atoms with E-state index in [4.69, 9.17) is 4.74 Å². The van der Waals surface area contributed by atoms with E-state index < -0.39 is 5.60 Å².